The van der Waals surface area contributed by atoms with Gasteiger partial charge in [0, 0.05) is 14.2 Å². The van der Waals surface area contributed by atoms with Crippen molar-refractivity contribution in [3.63, 3.8) is 0 Å². The molecular weight excluding hydrogens is 180 g/mol. The second-order valence-corrected chi connectivity index (χ2v) is 4.25. The van der Waals surface area contributed by atoms with Gasteiger partial charge in [-0.1, -0.05) is 13.8 Å². The molecule has 5 unspecified atom stereocenters. The van der Waals surface area contributed by atoms with Crippen LogP contribution in [0.15, 0.2) is 0 Å². The van der Waals surface area contributed by atoms with Crippen molar-refractivity contribution in [3.8, 4) is 0 Å². The van der Waals surface area contributed by atoms with Gasteiger partial charge in [-0.25, -0.2) is 0 Å². The molecule has 0 bridgehead atoms. The normalized spacial score (nSPS) is 43.9. The fourth-order valence-electron chi connectivity index (χ4n) is 2.21. The van der Waals surface area contributed by atoms with Crippen molar-refractivity contribution >= 4 is 0 Å². The Bertz CT molecular complexity index is 172. The second-order valence-electron chi connectivity index (χ2n) is 4.25. The van der Waals surface area contributed by atoms with Crippen LogP contribution < -0.4 is 0 Å². The van der Waals surface area contributed by atoms with E-state index in [1.807, 2.05) is 0 Å². The molecule has 1 fully saturated rings. The van der Waals surface area contributed by atoms with Crippen LogP contribution >= 0.6 is 0 Å². The van der Waals surface area contributed by atoms with Gasteiger partial charge in [0.15, 0.2) is 0 Å². The van der Waals surface area contributed by atoms with E-state index in [2.05, 4.69) is 20.8 Å². The molecule has 0 N–H and O–H groups in total. The number of ether oxygens (including phenoxy) is 3. The van der Waals surface area contributed by atoms with Crippen LogP contribution in [-0.2, 0) is 14.2 Å². The molecule has 1 aliphatic rings. The summed E-state index contributed by atoms with van der Waals surface area (Å²) in [6.45, 7) is 7.17. The Morgan fingerprint density at radius 2 is 1.71 bits per heavy atom. The zero-order valence-electron chi connectivity index (χ0n) is 9.82. The van der Waals surface area contributed by atoms with Gasteiger partial charge in [-0.15, -0.1) is 0 Å². The number of hydrogen-bond donors (Lipinski definition) is 0. The third kappa shape index (κ3) is 2.27. The van der Waals surface area contributed by atoms with Crippen LogP contribution in [-0.4, -0.2) is 39.1 Å². The van der Waals surface area contributed by atoms with Crippen LogP contribution in [0.1, 0.15) is 20.8 Å². The van der Waals surface area contributed by atoms with Gasteiger partial charge < -0.3 is 14.2 Å². The van der Waals surface area contributed by atoms with E-state index in [9.17, 15) is 0 Å². The van der Waals surface area contributed by atoms with E-state index in [0.29, 0.717) is 18.4 Å². The average Bonchev–Trinajstić information content (AvgIpc) is 2.16. The molecule has 1 rings (SSSR count). The number of rotatable bonds is 3. The minimum Gasteiger partial charge on any atom is -0.382 e. The summed E-state index contributed by atoms with van der Waals surface area (Å²) in [4.78, 5) is 0. The predicted molar refractivity (Wildman–Crippen MR) is 55.3 cm³/mol. The lowest BCUT2D eigenvalue weighted by Gasteiger charge is -2.42. The summed E-state index contributed by atoms with van der Waals surface area (Å²) < 4.78 is 16.5. The van der Waals surface area contributed by atoms with Crippen molar-refractivity contribution < 1.29 is 14.2 Å². The Morgan fingerprint density at radius 1 is 1.07 bits per heavy atom. The lowest BCUT2D eigenvalue weighted by Crippen LogP contribution is -2.50. The van der Waals surface area contributed by atoms with Gasteiger partial charge in [-0.05, 0) is 18.8 Å². The minimum absolute atomic E-state index is 0.0752. The van der Waals surface area contributed by atoms with Crippen molar-refractivity contribution in [2.24, 2.45) is 11.8 Å². The fraction of sp³-hybridized carbons (Fsp3) is 1.00. The van der Waals surface area contributed by atoms with Crippen molar-refractivity contribution in [3.05, 3.63) is 0 Å². The summed E-state index contributed by atoms with van der Waals surface area (Å²) in [6.07, 6.45) is 0.517. The first-order valence-corrected chi connectivity index (χ1v) is 5.29. The Hall–Kier alpha value is -0.120. The summed E-state index contributed by atoms with van der Waals surface area (Å²) in [7, 11) is 3.44. The highest BCUT2D eigenvalue weighted by molar-refractivity contribution is 4.87. The summed E-state index contributed by atoms with van der Waals surface area (Å²) in [5.74, 6) is 1.05. The molecule has 84 valence electrons. The molecule has 0 aliphatic carbocycles. The predicted octanol–water partition coefficient (Wildman–Crippen LogP) is 1.71. The van der Waals surface area contributed by atoms with Crippen LogP contribution in [0.3, 0.4) is 0 Å². The Kier molecular flexibility index (Phi) is 4.35. The second kappa shape index (κ2) is 5.10. The quantitative estimate of drug-likeness (QED) is 0.697. The highest BCUT2D eigenvalue weighted by atomic mass is 16.6. The molecule has 0 aromatic rings. The van der Waals surface area contributed by atoms with Crippen LogP contribution in [0.5, 0.6) is 0 Å². The van der Waals surface area contributed by atoms with E-state index < -0.39 is 0 Å². The maximum Gasteiger partial charge on any atom is 0.107 e. The average molecular weight is 202 g/mol. The van der Waals surface area contributed by atoms with Gasteiger partial charge in [0.05, 0.1) is 18.8 Å². The van der Waals surface area contributed by atoms with Gasteiger partial charge in [0.1, 0.15) is 6.10 Å². The standard InChI is InChI=1S/C11H22O3/c1-7-8(2)11(13-5)10(6-12-4)14-9(7)3/h7-11H,6H2,1-5H3. The number of methoxy groups -OCH3 is 2. The molecule has 0 saturated carbocycles. The summed E-state index contributed by atoms with van der Waals surface area (Å²) in [5, 5.41) is 0. The molecule has 3 heteroatoms. The number of hydrogen-bond acceptors (Lipinski definition) is 3. The lowest BCUT2D eigenvalue weighted by atomic mass is 9.82. The lowest BCUT2D eigenvalue weighted by molar-refractivity contribution is -0.186. The van der Waals surface area contributed by atoms with E-state index in [-0.39, 0.29) is 18.3 Å². The van der Waals surface area contributed by atoms with Crippen LogP contribution in [0, 0.1) is 11.8 Å². The largest absolute Gasteiger partial charge is 0.382 e. The molecule has 14 heavy (non-hydrogen) atoms. The van der Waals surface area contributed by atoms with Crippen molar-refractivity contribution in [1.82, 2.24) is 0 Å². The van der Waals surface area contributed by atoms with Gasteiger partial charge >= 0.3 is 0 Å². The first-order chi connectivity index (χ1) is 6.61. The van der Waals surface area contributed by atoms with Gasteiger partial charge in [0.25, 0.3) is 0 Å². The maximum atomic E-state index is 5.86. The van der Waals surface area contributed by atoms with E-state index in [1.54, 1.807) is 14.2 Å². The Balaban J connectivity index is 2.66. The summed E-state index contributed by atoms with van der Waals surface area (Å²) in [5.41, 5.74) is 0. The van der Waals surface area contributed by atoms with Crippen LogP contribution in [0.2, 0.25) is 0 Å². The molecule has 0 spiro atoms. The molecule has 0 aromatic heterocycles. The van der Waals surface area contributed by atoms with Crippen LogP contribution in [0.4, 0.5) is 0 Å². The van der Waals surface area contributed by atoms with Gasteiger partial charge in [-0.2, -0.15) is 0 Å². The summed E-state index contributed by atoms with van der Waals surface area (Å²) in [6, 6.07) is 0. The molecule has 0 aromatic carbocycles. The molecule has 0 amide bonds. The van der Waals surface area contributed by atoms with Gasteiger partial charge in [-0.3, -0.25) is 0 Å². The molecular formula is C11H22O3. The first-order valence-electron chi connectivity index (χ1n) is 5.29. The van der Waals surface area contributed by atoms with E-state index in [1.165, 1.54) is 0 Å². The Labute approximate surface area is 86.7 Å². The van der Waals surface area contributed by atoms with E-state index in [0.717, 1.165) is 0 Å². The maximum absolute atomic E-state index is 5.86. The zero-order chi connectivity index (χ0) is 10.7. The zero-order valence-corrected chi connectivity index (χ0v) is 9.82. The van der Waals surface area contributed by atoms with Crippen molar-refractivity contribution in [2.45, 2.75) is 39.1 Å². The third-order valence-corrected chi connectivity index (χ3v) is 3.45. The van der Waals surface area contributed by atoms with Crippen molar-refractivity contribution in [1.29, 1.82) is 0 Å². The first kappa shape index (κ1) is 12.0. The molecule has 0 radical (unpaired) electrons. The van der Waals surface area contributed by atoms with Gasteiger partial charge in [0.2, 0.25) is 0 Å². The molecule has 1 aliphatic heterocycles. The third-order valence-electron chi connectivity index (χ3n) is 3.45. The summed E-state index contributed by atoms with van der Waals surface area (Å²) >= 11 is 0. The van der Waals surface area contributed by atoms with Crippen molar-refractivity contribution in [2.75, 3.05) is 20.8 Å². The minimum atomic E-state index is 0.0752. The molecule has 1 heterocycles. The van der Waals surface area contributed by atoms with E-state index >= 15 is 0 Å². The van der Waals surface area contributed by atoms with Crippen LogP contribution in [0.25, 0.3) is 0 Å². The Morgan fingerprint density at radius 3 is 2.21 bits per heavy atom. The highest BCUT2D eigenvalue weighted by Crippen LogP contribution is 2.32. The SMILES string of the molecule is COCC1OC(C)C(C)C(C)C1OC. The smallest absolute Gasteiger partial charge is 0.107 e. The highest BCUT2D eigenvalue weighted by Gasteiger charge is 2.39. The fourth-order valence-corrected chi connectivity index (χ4v) is 2.21. The molecule has 1 saturated heterocycles. The molecule has 5 atom stereocenters. The van der Waals surface area contributed by atoms with E-state index in [4.69, 9.17) is 14.2 Å². The molecule has 3 nitrogen and oxygen atoms in total. The topological polar surface area (TPSA) is 27.7 Å². The monoisotopic (exact) mass is 202 g/mol.